The van der Waals surface area contributed by atoms with Gasteiger partial charge in [0.2, 0.25) is 0 Å². The van der Waals surface area contributed by atoms with Gasteiger partial charge in [-0.3, -0.25) is 0 Å². The van der Waals surface area contributed by atoms with Gasteiger partial charge in [0.05, 0.1) is 0 Å². The molecule has 1 aliphatic rings. The normalized spacial score (nSPS) is 24.8. The molecule has 3 heteroatoms. The van der Waals surface area contributed by atoms with Gasteiger partial charge in [-0.15, -0.1) is 0 Å². The van der Waals surface area contributed by atoms with Crippen molar-refractivity contribution in [3.05, 3.63) is 29.8 Å². The minimum absolute atomic E-state index is 0.354. The first-order valence-electron chi connectivity index (χ1n) is 5.88. The monoisotopic (exact) mass is 237 g/mol. The van der Waals surface area contributed by atoms with Crippen LogP contribution < -0.4 is 5.32 Å². The number of aromatic hydroxyl groups is 1. The van der Waals surface area contributed by atoms with Crippen molar-refractivity contribution in [2.24, 2.45) is 5.92 Å². The first-order valence-corrected chi connectivity index (χ1v) is 7.04. The number of phenolic OH excluding ortho intramolecular Hbond substituents is 1. The molecule has 1 fully saturated rings. The molecule has 2 unspecified atom stereocenters. The Hall–Kier alpha value is -0.670. The number of benzene rings is 1. The van der Waals surface area contributed by atoms with Crippen LogP contribution in [-0.4, -0.2) is 29.2 Å². The van der Waals surface area contributed by atoms with Gasteiger partial charge in [0.1, 0.15) is 5.75 Å². The molecule has 1 aromatic rings. The average Bonchev–Trinajstić information content (AvgIpc) is 2.70. The third-order valence-electron chi connectivity index (χ3n) is 3.10. The Bertz CT molecular complexity index is 325. The van der Waals surface area contributed by atoms with Crippen LogP contribution in [-0.2, 0) is 6.42 Å². The first-order chi connectivity index (χ1) is 7.79. The fourth-order valence-corrected chi connectivity index (χ4v) is 3.66. The molecule has 0 radical (unpaired) electrons. The van der Waals surface area contributed by atoms with Gasteiger partial charge >= 0.3 is 0 Å². The molecule has 0 aliphatic carbocycles. The van der Waals surface area contributed by atoms with Crippen LogP contribution in [0.25, 0.3) is 0 Å². The third kappa shape index (κ3) is 2.92. The highest BCUT2D eigenvalue weighted by Gasteiger charge is 2.26. The smallest absolute Gasteiger partial charge is 0.115 e. The Balaban J connectivity index is 1.95. The molecule has 1 aromatic carbocycles. The van der Waals surface area contributed by atoms with Crippen LogP contribution in [0.3, 0.4) is 0 Å². The van der Waals surface area contributed by atoms with Gasteiger partial charge in [0.25, 0.3) is 0 Å². The van der Waals surface area contributed by atoms with Crippen LogP contribution in [0, 0.1) is 5.92 Å². The molecular formula is C13H19NOS. The molecule has 2 nitrogen and oxygen atoms in total. The number of hydrogen-bond acceptors (Lipinski definition) is 3. The minimum atomic E-state index is 0.354. The summed E-state index contributed by atoms with van der Waals surface area (Å²) in [5.74, 6) is 3.57. The molecule has 0 spiro atoms. The fourth-order valence-electron chi connectivity index (χ4n) is 2.22. The highest BCUT2D eigenvalue weighted by molar-refractivity contribution is 7.99. The highest BCUT2D eigenvalue weighted by Crippen LogP contribution is 2.27. The van der Waals surface area contributed by atoms with E-state index in [2.05, 4.69) is 12.2 Å². The van der Waals surface area contributed by atoms with Crippen LogP contribution >= 0.6 is 11.8 Å². The number of rotatable bonds is 4. The summed E-state index contributed by atoms with van der Waals surface area (Å²) < 4.78 is 0. The lowest BCUT2D eigenvalue weighted by Gasteiger charge is -2.19. The summed E-state index contributed by atoms with van der Waals surface area (Å²) in [5, 5.41) is 12.8. The van der Waals surface area contributed by atoms with Crippen LogP contribution in [0.15, 0.2) is 24.3 Å². The summed E-state index contributed by atoms with van der Waals surface area (Å²) in [6, 6.07) is 8.27. The average molecular weight is 237 g/mol. The molecule has 0 saturated carbocycles. The maximum Gasteiger partial charge on any atom is 0.115 e. The van der Waals surface area contributed by atoms with E-state index in [1.54, 1.807) is 12.1 Å². The van der Waals surface area contributed by atoms with Gasteiger partial charge < -0.3 is 10.4 Å². The Morgan fingerprint density at radius 2 is 2.06 bits per heavy atom. The second kappa shape index (κ2) is 5.60. The second-order valence-corrected chi connectivity index (χ2v) is 5.41. The predicted octanol–water partition coefficient (Wildman–Crippen LogP) is 2.28. The van der Waals surface area contributed by atoms with Crippen molar-refractivity contribution < 1.29 is 5.11 Å². The number of nitrogens with one attached hydrogen (secondary N) is 1. The zero-order chi connectivity index (χ0) is 11.4. The minimum Gasteiger partial charge on any atom is -0.508 e. The molecule has 1 heterocycles. The van der Waals surface area contributed by atoms with Crippen molar-refractivity contribution in [1.29, 1.82) is 0 Å². The van der Waals surface area contributed by atoms with Gasteiger partial charge in [-0.05, 0) is 42.3 Å². The summed E-state index contributed by atoms with van der Waals surface area (Å²) in [6.45, 7) is 3.22. The Kier molecular flexibility index (Phi) is 4.13. The van der Waals surface area contributed by atoms with Crippen molar-refractivity contribution in [1.82, 2.24) is 5.32 Å². The molecule has 16 heavy (non-hydrogen) atoms. The van der Waals surface area contributed by atoms with Crippen molar-refractivity contribution >= 4 is 11.8 Å². The van der Waals surface area contributed by atoms with Crippen molar-refractivity contribution in [2.45, 2.75) is 19.4 Å². The van der Waals surface area contributed by atoms with E-state index >= 15 is 0 Å². The number of hydrogen-bond donors (Lipinski definition) is 2. The molecule has 2 N–H and O–H groups in total. The Labute approximate surface area is 101 Å². The summed E-state index contributed by atoms with van der Waals surface area (Å²) >= 11 is 2.04. The standard InChI is InChI=1S/C13H19NOS/c1-2-14-13-9-16-8-11(13)7-10-3-5-12(15)6-4-10/h3-6,11,13-15H,2,7-9H2,1H3. The zero-order valence-corrected chi connectivity index (χ0v) is 10.5. The lowest BCUT2D eigenvalue weighted by Crippen LogP contribution is -2.36. The lowest BCUT2D eigenvalue weighted by atomic mass is 9.95. The molecule has 0 aromatic heterocycles. The van der Waals surface area contributed by atoms with Gasteiger partial charge in [-0.2, -0.15) is 11.8 Å². The molecule has 0 amide bonds. The largest absolute Gasteiger partial charge is 0.508 e. The predicted molar refractivity (Wildman–Crippen MR) is 70.1 cm³/mol. The molecule has 1 aliphatic heterocycles. The van der Waals surface area contributed by atoms with Gasteiger partial charge in [-0.25, -0.2) is 0 Å². The van der Waals surface area contributed by atoms with Gasteiger partial charge in [-0.1, -0.05) is 19.1 Å². The fraction of sp³-hybridized carbons (Fsp3) is 0.538. The third-order valence-corrected chi connectivity index (χ3v) is 4.36. The van der Waals surface area contributed by atoms with Crippen LogP contribution in [0.2, 0.25) is 0 Å². The first kappa shape index (κ1) is 11.8. The van der Waals surface area contributed by atoms with E-state index in [0.29, 0.717) is 11.8 Å². The van der Waals surface area contributed by atoms with Crippen LogP contribution in [0.4, 0.5) is 0 Å². The summed E-state index contributed by atoms with van der Waals surface area (Å²) in [5.41, 5.74) is 1.33. The maximum atomic E-state index is 9.24. The Morgan fingerprint density at radius 1 is 1.31 bits per heavy atom. The SMILES string of the molecule is CCNC1CSCC1Cc1ccc(O)cc1. The van der Waals surface area contributed by atoms with E-state index in [4.69, 9.17) is 0 Å². The highest BCUT2D eigenvalue weighted by atomic mass is 32.2. The zero-order valence-electron chi connectivity index (χ0n) is 9.65. The molecule has 2 atom stereocenters. The van der Waals surface area contributed by atoms with Crippen LogP contribution in [0.5, 0.6) is 5.75 Å². The molecule has 2 rings (SSSR count). The van der Waals surface area contributed by atoms with E-state index in [9.17, 15) is 5.11 Å². The van der Waals surface area contributed by atoms with E-state index in [0.717, 1.165) is 18.9 Å². The van der Waals surface area contributed by atoms with E-state index in [-0.39, 0.29) is 0 Å². The molecule has 88 valence electrons. The lowest BCUT2D eigenvalue weighted by molar-refractivity contribution is 0.433. The van der Waals surface area contributed by atoms with Crippen LogP contribution in [0.1, 0.15) is 12.5 Å². The topological polar surface area (TPSA) is 32.3 Å². The van der Waals surface area contributed by atoms with Gasteiger partial charge in [0, 0.05) is 11.8 Å². The molecular weight excluding hydrogens is 218 g/mol. The van der Waals surface area contributed by atoms with E-state index < -0.39 is 0 Å². The second-order valence-electron chi connectivity index (χ2n) is 4.33. The summed E-state index contributed by atoms with van der Waals surface area (Å²) in [6.07, 6.45) is 1.12. The van der Waals surface area contributed by atoms with Crippen molar-refractivity contribution in [2.75, 3.05) is 18.1 Å². The van der Waals surface area contributed by atoms with Gasteiger partial charge in [0.15, 0.2) is 0 Å². The quantitative estimate of drug-likeness (QED) is 0.842. The number of thioether (sulfide) groups is 1. The number of phenols is 1. The Morgan fingerprint density at radius 3 is 2.75 bits per heavy atom. The summed E-state index contributed by atoms with van der Waals surface area (Å²) in [7, 11) is 0. The van der Waals surface area contributed by atoms with E-state index in [1.165, 1.54) is 17.1 Å². The van der Waals surface area contributed by atoms with Crippen molar-refractivity contribution in [3.63, 3.8) is 0 Å². The van der Waals surface area contributed by atoms with E-state index in [1.807, 2.05) is 23.9 Å². The maximum absolute atomic E-state index is 9.24. The molecule has 1 saturated heterocycles. The molecule has 0 bridgehead atoms. The van der Waals surface area contributed by atoms with Crippen molar-refractivity contribution in [3.8, 4) is 5.75 Å². The summed E-state index contributed by atoms with van der Waals surface area (Å²) in [4.78, 5) is 0.